The number of unbranched alkanes of at least 4 members (excludes halogenated alkanes) is 1. The van der Waals surface area contributed by atoms with E-state index in [9.17, 15) is 16.8 Å². The van der Waals surface area contributed by atoms with Gasteiger partial charge in [0.2, 0.25) is 9.05 Å². The number of rotatable bonds is 6. The van der Waals surface area contributed by atoms with Crippen LogP contribution in [0.1, 0.15) is 59.3 Å². The fourth-order valence-electron chi connectivity index (χ4n) is 1.30. The first kappa shape index (κ1) is 18.2. The standard InChI is InChI=1S/C8H16O3S.C4H7ClO2S/c1-3-4-7-11-12(9,10)8(2)5-6-8;1-4(2-3-4)8(5,6)7/h3-7H2,1-2H3;2-3H2,1H3. The zero-order valence-corrected chi connectivity index (χ0v) is 14.6. The molecule has 0 unspecified atom stereocenters. The van der Waals surface area contributed by atoms with E-state index >= 15 is 0 Å². The molecule has 0 radical (unpaired) electrons. The Morgan fingerprint density at radius 2 is 1.45 bits per heavy atom. The van der Waals surface area contributed by atoms with E-state index in [1.54, 1.807) is 13.8 Å². The predicted molar refractivity (Wildman–Crippen MR) is 79.8 cm³/mol. The fraction of sp³-hybridized carbons (Fsp3) is 1.00. The molecule has 0 atom stereocenters. The van der Waals surface area contributed by atoms with Gasteiger partial charge < -0.3 is 0 Å². The number of hydrogen-bond acceptors (Lipinski definition) is 5. The molecule has 20 heavy (non-hydrogen) atoms. The molecule has 0 aromatic rings. The molecule has 8 heteroatoms. The average Bonchev–Trinajstić information content (AvgIpc) is 3.19. The molecule has 0 N–H and O–H groups in total. The van der Waals surface area contributed by atoms with Crippen LogP contribution in [0, 0.1) is 0 Å². The van der Waals surface area contributed by atoms with Crippen LogP contribution in [-0.2, 0) is 23.4 Å². The van der Waals surface area contributed by atoms with Gasteiger partial charge in [-0.15, -0.1) is 0 Å². The van der Waals surface area contributed by atoms with Gasteiger partial charge in [-0.2, -0.15) is 8.42 Å². The van der Waals surface area contributed by atoms with Crippen LogP contribution >= 0.6 is 10.7 Å². The Kier molecular flexibility index (Phi) is 5.55. The highest BCUT2D eigenvalue weighted by molar-refractivity contribution is 8.15. The predicted octanol–water partition coefficient (Wildman–Crippen LogP) is 2.79. The van der Waals surface area contributed by atoms with Crippen molar-refractivity contribution in [1.29, 1.82) is 0 Å². The summed E-state index contributed by atoms with van der Waals surface area (Å²) in [5, 5.41) is 0. The lowest BCUT2D eigenvalue weighted by molar-refractivity contribution is 0.304. The van der Waals surface area contributed by atoms with Crippen LogP contribution in [-0.4, -0.2) is 32.9 Å². The zero-order valence-electron chi connectivity index (χ0n) is 12.2. The molecule has 0 saturated heterocycles. The Labute approximate surface area is 126 Å². The molecule has 0 bridgehead atoms. The minimum absolute atomic E-state index is 0.342. The van der Waals surface area contributed by atoms with Crippen molar-refractivity contribution in [3.63, 3.8) is 0 Å². The van der Waals surface area contributed by atoms with Gasteiger partial charge in [-0.1, -0.05) is 13.3 Å². The molecule has 120 valence electrons. The van der Waals surface area contributed by atoms with Gasteiger partial charge in [0.05, 0.1) is 16.1 Å². The Morgan fingerprint density at radius 3 is 1.70 bits per heavy atom. The third kappa shape index (κ3) is 4.58. The van der Waals surface area contributed by atoms with E-state index in [0.717, 1.165) is 38.5 Å². The van der Waals surface area contributed by atoms with E-state index in [2.05, 4.69) is 0 Å². The molecule has 0 aromatic carbocycles. The van der Waals surface area contributed by atoms with Crippen molar-refractivity contribution in [3.05, 3.63) is 0 Å². The van der Waals surface area contributed by atoms with Gasteiger partial charge in [-0.3, -0.25) is 4.18 Å². The van der Waals surface area contributed by atoms with Gasteiger partial charge in [0.1, 0.15) is 0 Å². The van der Waals surface area contributed by atoms with Crippen LogP contribution in [0.5, 0.6) is 0 Å². The zero-order chi connectivity index (χ0) is 15.7. The maximum Gasteiger partial charge on any atom is 0.272 e. The maximum absolute atomic E-state index is 11.4. The largest absolute Gasteiger partial charge is 0.272 e. The summed E-state index contributed by atoms with van der Waals surface area (Å²) in [6, 6.07) is 0. The minimum Gasteiger partial charge on any atom is -0.270 e. The highest BCUT2D eigenvalue weighted by Crippen LogP contribution is 2.44. The summed E-state index contributed by atoms with van der Waals surface area (Å²) in [6.07, 6.45) is 4.72. The van der Waals surface area contributed by atoms with E-state index in [4.69, 9.17) is 14.9 Å². The molecule has 0 amide bonds. The Hall–Kier alpha value is 0.150. The second-order valence-corrected chi connectivity index (χ2v) is 11.2. The quantitative estimate of drug-likeness (QED) is 0.420. The second-order valence-electron chi connectivity index (χ2n) is 5.97. The van der Waals surface area contributed by atoms with Crippen molar-refractivity contribution in [3.8, 4) is 0 Å². The Bertz CT molecular complexity index is 530. The fourth-order valence-corrected chi connectivity index (χ4v) is 3.58. The highest BCUT2D eigenvalue weighted by Gasteiger charge is 2.51. The van der Waals surface area contributed by atoms with Crippen molar-refractivity contribution in [2.75, 3.05) is 6.61 Å². The lowest BCUT2D eigenvalue weighted by Gasteiger charge is -2.09. The summed E-state index contributed by atoms with van der Waals surface area (Å²) >= 11 is 0. The third-order valence-electron chi connectivity index (χ3n) is 3.84. The lowest BCUT2D eigenvalue weighted by atomic mass is 10.4. The average molecular weight is 347 g/mol. The molecule has 0 heterocycles. The Morgan fingerprint density at radius 1 is 1.00 bits per heavy atom. The normalized spacial score (nSPS) is 22.6. The van der Waals surface area contributed by atoms with Gasteiger partial charge >= 0.3 is 0 Å². The van der Waals surface area contributed by atoms with Crippen LogP contribution < -0.4 is 0 Å². The minimum atomic E-state index is -3.26. The molecule has 0 aliphatic heterocycles. The second kappa shape index (κ2) is 6.10. The number of halogens is 1. The third-order valence-corrected chi connectivity index (χ3v) is 8.63. The van der Waals surface area contributed by atoms with Gasteiger partial charge in [0.25, 0.3) is 10.1 Å². The van der Waals surface area contributed by atoms with Crippen molar-refractivity contribution < 1.29 is 21.0 Å². The summed E-state index contributed by atoms with van der Waals surface area (Å²) < 4.78 is 47.4. The lowest BCUT2D eigenvalue weighted by Crippen LogP contribution is -2.22. The van der Waals surface area contributed by atoms with Crippen molar-refractivity contribution in [2.45, 2.75) is 68.8 Å². The van der Waals surface area contributed by atoms with Crippen LogP contribution in [0.15, 0.2) is 0 Å². The van der Waals surface area contributed by atoms with Gasteiger partial charge in [0.15, 0.2) is 0 Å². The monoisotopic (exact) mass is 346 g/mol. The molecule has 0 spiro atoms. The van der Waals surface area contributed by atoms with Crippen LogP contribution in [0.4, 0.5) is 0 Å². The molecule has 0 aromatic heterocycles. The van der Waals surface area contributed by atoms with Crippen molar-refractivity contribution in [1.82, 2.24) is 0 Å². The van der Waals surface area contributed by atoms with E-state index < -0.39 is 28.7 Å². The molecule has 2 rings (SSSR count). The molecule has 2 aliphatic rings. The van der Waals surface area contributed by atoms with Crippen LogP contribution in [0.3, 0.4) is 0 Å². The molecule has 5 nitrogen and oxygen atoms in total. The molecule has 2 fully saturated rings. The topological polar surface area (TPSA) is 77.5 Å². The first-order chi connectivity index (χ1) is 8.97. The highest BCUT2D eigenvalue weighted by atomic mass is 35.7. The van der Waals surface area contributed by atoms with E-state index in [1.165, 1.54) is 0 Å². The van der Waals surface area contributed by atoms with Crippen molar-refractivity contribution in [2.24, 2.45) is 0 Å². The summed E-state index contributed by atoms with van der Waals surface area (Å²) in [4.78, 5) is 0. The van der Waals surface area contributed by atoms with E-state index in [0.29, 0.717) is 6.61 Å². The van der Waals surface area contributed by atoms with Crippen LogP contribution in [0.25, 0.3) is 0 Å². The molecule has 2 aliphatic carbocycles. The van der Waals surface area contributed by atoms with Gasteiger partial charge in [-0.05, 0) is 46.0 Å². The summed E-state index contributed by atoms with van der Waals surface area (Å²) in [6.45, 7) is 5.76. The molecular weight excluding hydrogens is 324 g/mol. The summed E-state index contributed by atoms with van der Waals surface area (Å²) in [7, 11) is -1.47. The summed E-state index contributed by atoms with van der Waals surface area (Å²) in [5.41, 5.74) is 0. The Balaban J connectivity index is 0.000000217. The van der Waals surface area contributed by atoms with Gasteiger partial charge in [-0.25, -0.2) is 8.42 Å². The molecule has 2 saturated carbocycles. The van der Waals surface area contributed by atoms with Crippen molar-refractivity contribution >= 4 is 29.9 Å². The smallest absolute Gasteiger partial charge is 0.270 e. The van der Waals surface area contributed by atoms with E-state index in [-0.39, 0.29) is 0 Å². The number of hydrogen-bond donors (Lipinski definition) is 0. The molecular formula is C12H23ClO5S2. The first-order valence-corrected chi connectivity index (χ1v) is 10.5. The SMILES string of the molecule is CC1(S(=O)(=O)Cl)CC1.CCCCOS(=O)(=O)C1(C)CC1. The first-order valence-electron chi connectivity index (χ1n) is 6.81. The summed E-state index contributed by atoms with van der Waals surface area (Å²) in [5.74, 6) is 0. The van der Waals surface area contributed by atoms with E-state index in [1.807, 2.05) is 6.92 Å². The van der Waals surface area contributed by atoms with Crippen LogP contribution in [0.2, 0.25) is 0 Å². The van der Waals surface area contributed by atoms with Gasteiger partial charge in [0, 0.05) is 10.7 Å². The maximum atomic E-state index is 11.4.